The van der Waals surface area contributed by atoms with Crippen LogP contribution in [0, 0.1) is 22.0 Å². The van der Waals surface area contributed by atoms with Crippen LogP contribution in [0.1, 0.15) is 33.6 Å². The number of amides is 1. The largest absolute Gasteiger partial charge is 0.444 e. The number of fused-ring (bicyclic) bond motifs is 2. The first kappa shape index (κ1) is 25.0. The van der Waals surface area contributed by atoms with E-state index in [0.717, 1.165) is 23.0 Å². The fourth-order valence-electron chi connectivity index (χ4n) is 5.34. The maximum atomic E-state index is 13.2. The predicted molar refractivity (Wildman–Crippen MR) is 137 cm³/mol. The molecule has 11 nitrogen and oxygen atoms in total. The Hall–Kier alpha value is -3.67. The van der Waals surface area contributed by atoms with Crippen LogP contribution in [0.25, 0.3) is 11.0 Å². The van der Waals surface area contributed by atoms with Crippen LogP contribution in [0.4, 0.5) is 16.2 Å². The van der Waals surface area contributed by atoms with Crippen molar-refractivity contribution in [1.82, 2.24) is 13.9 Å². The van der Waals surface area contributed by atoms with E-state index in [2.05, 4.69) is 10.3 Å². The van der Waals surface area contributed by atoms with Crippen molar-refractivity contribution >= 4 is 38.5 Å². The molecule has 1 aromatic carbocycles. The number of carbonyl (C=O) groups excluding carboxylic acids is 1. The van der Waals surface area contributed by atoms with Crippen molar-refractivity contribution in [3.63, 3.8) is 0 Å². The van der Waals surface area contributed by atoms with Gasteiger partial charge in [0.05, 0.1) is 15.2 Å². The molecule has 3 atom stereocenters. The van der Waals surface area contributed by atoms with Gasteiger partial charge in [-0.1, -0.05) is 18.2 Å². The predicted octanol–water partition coefficient (Wildman–Crippen LogP) is 4.24. The fraction of sp³-hybridized carbons (Fsp3) is 0.440. The summed E-state index contributed by atoms with van der Waals surface area (Å²) in [5.74, 6) is 0.508. The zero-order valence-corrected chi connectivity index (χ0v) is 21.6. The maximum absolute atomic E-state index is 13.2. The van der Waals surface area contributed by atoms with Crippen LogP contribution in [0.5, 0.6) is 0 Å². The highest BCUT2D eigenvalue weighted by atomic mass is 32.2. The van der Waals surface area contributed by atoms with Gasteiger partial charge >= 0.3 is 11.8 Å². The molecule has 1 aliphatic heterocycles. The average molecular weight is 528 g/mol. The molecule has 12 heteroatoms. The number of nitro groups is 1. The first-order valence-corrected chi connectivity index (χ1v) is 13.6. The Morgan fingerprint density at radius 3 is 2.38 bits per heavy atom. The number of rotatable bonds is 5. The highest BCUT2D eigenvalue weighted by molar-refractivity contribution is 7.90. The molecule has 1 aliphatic carbocycles. The van der Waals surface area contributed by atoms with E-state index in [0.29, 0.717) is 18.5 Å². The lowest BCUT2D eigenvalue weighted by atomic mass is 10.0. The number of ether oxygens (including phenoxy) is 1. The Bertz CT molecular complexity index is 1450. The van der Waals surface area contributed by atoms with Gasteiger partial charge in [0.25, 0.3) is 10.0 Å². The van der Waals surface area contributed by atoms with Gasteiger partial charge in [-0.2, -0.15) is 0 Å². The summed E-state index contributed by atoms with van der Waals surface area (Å²) in [4.78, 5) is 29.8. The number of anilines is 1. The van der Waals surface area contributed by atoms with Crippen LogP contribution in [-0.4, -0.2) is 58.0 Å². The van der Waals surface area contributed by atoms with Gasteiger partial charge < -0.3 is 15.0 Å². The van der Waals surface area contributed by atoms with Crippen LogP contribution >= 0.6 is 0 Å². The topological polar surface area (TPSA) is 137 Å². The lowest BCUT2D eigenvalue weighted by molar-refractivity contribution is -0.384. The number of pyridine rings is 1. The second kappa shape index (κ2) is 9.02. The summed E-state index contributed by atoms with van der Waals surface area (Å²) in [6, 6.07) is 9.44. The van der Waals surface area contributed by atoms with E-state index in [1.165, 1.54) is 24.4 Å². The molecule has 1 saturated carbocycles. The zero-order valence-electron chi connectivity index (χ0n) is 20.8. The second-order valence-electron chi connectivity index (χ2n) is 10.7. The molecule has 5 rings (SSSR count). The first-order valence-electron chi connectivity index (χ1n) is 12.1. The van der Waals surface area contributed by atoms with Crippen LogP contribution in [-0.2, 0) is 14.8 Å². The fourth-order valence-corrected chi connectivity index (χ4v) is 6.66. The summed E-state index contributed by atoms with van der Waals surface area (Å²) in [6.07, 6.45) is 3.61. The molecule has 0 bridgehead atoms. The maximum Gasteiger partial charge on any atom is 0.410 e. The minimum absolute atomic E-state index is 0.0610. The molecular weight excluding hydrogens is 498 g/mol. The van der Waals surface area contributed by atoms with Gasteiger partial charge in [-0.15, -0.1) is 0 Å². The number of benzene rings is 1. The van der Waals surface area contributed by atoms with Crippen molar-refractivity contribution in [2.45, 2.75) is 50.2 Å². The van der Waals surface area contributed by atoms with E-state index < -0.39 is 20.5 Å². The summed E-state index contributed by atoms with van der Waals surface area (Å²) < 4.78 is 33.0. The van der Waals surface area contributed by atoms with E-state index in [1.807, 2.05) is 20.8 Å². The van der Waals surface area contributed by atoms with Crippen LogP contribution in [0.15, 0.2) is 53.7 Å². The molecule has 3 aromatic rings. The number of aromatic nitrogens is 2. The highest BCUT2D eigenvalue weighted by Crippen LogP contribution is 2.42. The summed E-state index contributed by atoms with van der Waals surface area (Å²) in [5, 5.41) is 15.5. The third-order valence-corrected chi connectivity index (χ3v) is 8.59. The Labute approximate surface area is 214 Å². The molecule has 1 amide bonds. The van der Waals surface area contributed by atoms with Gasteiger partial charge in [-0.25, -0.2) is 22.2 Å². The second-order valence-corrected chi connectivity index (χ2v) is 12.5. The molecular formula is C25H29N5O6S. The number of carbonyl (C=O) groups is 1. The van der Waals surface area contributed by atoms with Crippen LogP contribution < -0.4 is 5.32 Å². The third kappa shape index (κ3) is 4.73. The molecule has 0 radical (unpaired) electrons. The van der Waals surface area contributed by atoms with Gasteiger partial charge in [-0.05, 0) is 63.6 Å². The van der Waals surface area contributed by atoms with Crippen molar-refractivity contribution in [3.05, 3.63) is 58.9 Å². The standard InChI is InChI=1S/C25H29N5O6S/c1-25(2,3)36-24(31)28-14-16-11-18(12-17(16)15-28)27-22-20-9-10-29(23(20)26-13-21(22)30(32)33)37(34,35)19-7-5-4-6-8-19/h4-10,13,16-18H,11-12,14-15H2,1-3H3,(H,26,27)/t16-,17+,18?. The molecule has 1 saturated heterocycles. The molecule has 2 aliphatic rings. The number of nitrogens with zero attached hydrogens (tertiary/aromatic N) is 4. The van der Waals surface area contributed by atoms with Gasteiger partial charge in [-0.3, -0.25) is 10.1 Å². The monoisotopic (exact) mass is 527 g/mol. The van der Waals surface area contributed by atoms with Crippen molar-refractivity contribution in [1.29, 1.82) is 0 Å². The van der Waals surface area contributed by atoms with Crippen molar-refractivity contribution < 1.29 is 22.9 Å². The van der Waals surface area contributed by atoms with E-state index in [1.54, 1.807) is 23.1 Å². The highest BCUT2D eigenvalue weighted by Gasteiger charge is 2.44. The summed E-state index contributed by atoms with van der Waals surface area (Å²) >= 11 is 0. The SMILES string of the molecule is CC(C)(C)OC(=O)N1C[C@H]2CC(Nc3c([N+](=O)[O-])cnc4c3ccn4S(=O)(=O)c3ccccc3)C[C@H]2C1. The molecule has 1 unspecified atom stereocenters. The van der Waals surface area contributed by atoms with Gasteiger partial charge in [0, 0.05) is 25.3 Å². The molecule has 3 heterocycles. The molecule has 196 valence electrons. The number of nitrogens with one attached hydrogen (secondary N) is 1. The normalized spacial score (nSPS) is 21.7. The molecule has 0 spiro atoms. The van der Waals surface area contributed by atoms with Gasteiger partial charge in [0.1, 0.15) is 17.5 Å². The van der Waals surface area contributed by atoms with Crippen molar-refractivity contribution in [2.24, 2.45) is 11.8 Å². The third-order valence-electron chi connectivity index (χ3n) is 6.91. The van der Waals surface area contributed by atoms with E-state index in [9.17, 15) is 23.3 Å². The molecule has 1 N–H and O–H groups in total. The Morgan fingerprint density at radius 2 is 1.78 bits per heavy atom. The summed E-state index contributed by atoms with van der Waals surface area (Å²) in [7, 11) is -3.93. The van der Waals surface area contributed by atoms with Crippen LogP contribution in [0.2, 0.25) is 0 Å². The Morgan fingerprint density at radius 1 is 1.14 bits per heavy atom. The number of hydrogen-bond acceptors (Lipinski definition) is 8. The van der Waals surface area contributed by atoms with E-state index >= 15 is 0 Å². The summed E-state index contributed by atoms with van der Waals surface area (Å²) in [6.45, 7) is 6.67. The smallest absolute Gasteiger partial charge is 0.410 e. The quantitative estimate of drug-likeness (QED) is 0.384. The van der Waals surface area contributed by atoms with Crippen molar-refractivity contribution in [2.75, 3.05) is 18.4 Å². The molecule has 37 heavy (non-hydrogen) atoms. The number of hydrogen-bond donors (Lipinski definition) is 1. The molecule has 2 fully saturated rings. The molecule has 2 aromatic heterocycles. The minimum Gasteiger partial charge on any atom is -0.444 e. The lowest BCUT2D eigenvalue weighted by Crippen LogP contribution is -2.36. The Kier molecular flexibility index (Phi) is 6.09. The van der Waals surface area contributed by atoms with E-state index in [4.69, 9.17) is 4.74 Å². The van der Waals surface area contributed by atoms with E-state index in [-0.39, 0.29) is 45.9 Å². The number of likely N-dealkylation sites (tertiary alicyclic amines) is 1. The van der Waals surface area contributed by atoms with Gasteiger partial charge in [0.2, 0.25) is 0 Å². The zero-order chi connectivity index (χ0) is 26.5. The minimum atomic E-state index is -3.93. The van der Waals surface area contributed by atoms with Crippen molar-refractivity contribution in [3.8, 4) is 0 Å². The average Bonchev–Trinajstić information content (AvgIpc) is 3.52. The Balaban J connectivity index is 1.39. The summed E-state index contributed by atoms with van der Waals surface area (Å²) in [5.41, 5.74) is -0.401. The lowest BCUT2D eigenvalue weighted by Gasteiger charge is -2.25. The first-order chi connectivity index (χ1) is 17.4. The van der Waals surface area contributed by atoms with Gasteiger partial charge in [0.15, 0.2) is 5.65 Å². The van der Waals surface area contributed by atoms with Crippen LogP contribution in [0.3, 0.4) is 0 Å².